The Morgan fingerprint density at radius 2 is 2.06 bits per heavy atom. The van der Waals surface area contributed by atoms with Gasteiger partial charge < -0.3 is 5.21 Å². The molecular formula is C12H9NOS2. The molecule has 0 radical (unpaired) electrons. The standard InChI is InChI=1S/C12H9NOS2/c14-13-11-9-3-1-2-4-10(9)16-7-8-5-6-15-12(8)11/h1-6,14H,7H2/b13-11+. The van der Waals surface area contributed by atoms with E-state index < -0.39 is 0 Å². The molecule has 1 N–H and O–H groups in total. The molecule has 0 atom stereocenters. The van der Waals surface area contributed by atoms with E-state index in [0.29, 0.717) is 5.71 Å². The number of benzene rings is 1. The summed E-state index contributed by atoms with van der Waals surface area (Å²) in [5.74, 6) is 0.939. The average Bonchev–Trinajstić information content (AvgIpc) is 2.72. The Morgan fingerprint density at radius 3 is 2.94 bits per heavy atom. The van der Waals surface area contributed by atoms with Gasteiger partial charge >= 0.3 is 0 Å². The van der Waals surface area contributed by atoms with Crippen LogP contribution in [0.4, 0.5) is 0 Å². The highest BCUT2D eigenvalue weighted by Crippen LogP contribution is 2.35. The fourth-order valence-corrected chi connectivity index (χ4v) is 3.88. The van der Waals surface area contributed by atoms with Gasteiger partial charge in [0.15, 0.2) is 0 Å². The number of hydrogen-bond donors (Lipinski definition) is 1. The van der Waals surface area contributed by atoms with Crippen molar-refractivity contribution in [3.63, 3.8) is 0 Å². The second kappa shape index (κ2) is 3.96. The fourth-order valence-electron chi connectivity index (χ4n) is 1.82. The summed E-state index contributed by atoms with van der Waals surface area (Å²) < 4.78 is 0. The van der Waals surface area contributed by atoms with E-state index in [-0.39, 0.29) is 0 Å². The number of nitrogens with zero attached hydrogens (tertiary/aromatic N) is 1. The molecule has 16 heavy (non-hydrogen) atoms. The SMILES string of the molecule is O/N=C1\c2ccccc2SCc2ccsc21. The molecular weight excluding hydrogens is 238 g/mol. The van der Waals surface area contributed by atoms with Crippen LogP contribution in [-0.4, -0.2) is 10.9 Å². The minimum absolute atomic E-state index is 0.700. The lowest BCUT2D eigenvalue weighted by molar-refractivity contribution is 0.319. The molecule has 1 aliphatic heterocycles. The Bertz CT molecular complexity index is 560. The Morgan fingerprint density at radius 1 is 1.19 bits per heavy atom. The summed E-state index contributed by atoms with van der Waals surface area (Å²) in [7, 11) is 0. The van der Waals surface area contributed by atoms with Crippen molar-refractivity contribution in [1.29, 1.82) is 0 Å². The number of thiophene rings is 1. The third-order valence-corrected chi connectivity index (χ3v) is 4.67. The molecule has 1 aromatic heterocycles. The maximum Gasteiger partial charge on any atom is 0.128 e. The molecule has 1 aliphatic rings. The van der Waals surface area contributed by atoms with Gasteiger partial charge in [0.2, 0.25) is 0 Å². The second-order valence-electron chi connectivity index (χ2n) is 3.51. The van der Waals surface area contributed by atoms with E-state index in [0.717, 1.165) is 16.2 Å². The van der Waals surface area contributed by atoms with Gasteiger partial charge in [-0.3, -0.25) is 0 Å². The highest BCUT2D eigenvalue weighted by molar-refractivity contribution is 7.98. The van der Waals surface area contributed by atoms with Gasteiger partial charge in [0, 0.05) is 16.2 Å². The van der Waals surface area contributed by atoms with Crippen LogP contribution in [0, 0.1) is 0 Å². The van der Waals surface area contributed by atoms with Crippen molar-refractivity contribution in [2.45, 2.75) is 10.6 Å². The molecule has 0 aliphatic carbocycles. The second-order valence-corrected chi connectivity index (χ2v) is 5.44. The van der Waals surface area contributed by atoms with Crippen molar-refractivity contribution in [2.24, 2.45) is 5.16 Å². The Balaban J connectivity index is 2.26. The van der Waals surface area contributed by atoms with E-state index in [9.17, 15) is 5.21 Å². The minimum Gasteiger partial charge on any atom is -0.410 e. The van der Waals surface area contributed by atoms with Crippen LogP contribution in [0.2, 0.25) is 0 Å². The van der Waals surface area contributed by atoms with Crippen LogP contribution < -0.4 is 0 Å². The van der Waals surface area contributed by atoms with Crippen molar-refractivity contribution in [3.05, 3.63) is 51.7 Å². The topological polar surface area (TPSA) is 32.6 Å². The molecule has 2 heterocycles. The molecule has 80 valence electrons. The zero-order valence-electron chi connectivity index (χ0n) is 8.38. The van der Waals surface area contributed by atoms with Crippen LogP contribution in [0.1, 0.15) is 16.0 Å². The van der Waals surface area contributed by atoms with Crippen molar-refractivity contribution in [3.8, 4) is 0 Å². The summed E-state index contributed by atoms with van der Waals surface area (Å²) in [6.45, 7) is 0. The summed E-state index contributed by atoms with van der Waals surface area (Å²) in [4.78, 5) is 2.26. The predicted molar refractivity (Wildman–Crippen MR) is 67.7 cm³/mol. The van der Waals surface area contributed by atoms with Crippen LogP contribution in [0.25, 0.3) is 0 Å². The largest absolute Gasteiger partial charge is 0.410 e. The zero-order valence-corrected chi connectivity index (χ0v) is 10.0. The summed E-state index contributed by atoms with van der Waals surface area (Å²) in [5, 5.41) is 14.7. The van der Waals surface area contributed by atoms with Gasteiger partial charge in [-0.1, -0.05) is 23.4 Å². The molecule has 0 saturated heterocycles. The quantitative estimate of drug-likeness (QED) is 0.570. The molecule has 0 amide bonds. The molecule has 0 unspecified atom stereocenters. The summed E-state index contributed by atoms with van der Waals surface area (Å²) in [5.41, 5.74) is 2.97. The molecule has 2 aromatic rings. The van der Waals surface area contributed by atoms with Gasteiger partial charge in [-0.2, -0.15) is 0 Å². The highest BCUT2D eigenvalue weighted by Gasteiger charge is 2.20. The number of thioether (sulfide) groups is 1. The van der Waals surface area contributed by atoms with Crippen molar-refractivity contribution in [2.75, 3.05) is 0 Å². The van der Waals surface area contributed by atoms with Gasteiger partial charge in [0.05, 0.1) is 4.88 Å². The van der Waals surface area contributed by atoms with Crippen molar-refractivity contribution < 1.29 is 5.21 Å². The predicted octanol–water partition coefficient (Wildman–Crippen LogP) is 3.58. The van der Waals surface area contributed by atoms with Gasteiger partial charge in [0.25, 0.3) is 0 Å². The van der Waals surface area contributed by atoms with Crippen molar-refractivity contribution >= 4 is 28.8 Å². The van der Waals surface area contributed by atoms with Gasteiger partial charge in [-0.25, -0.2) is 0 Å². The van der Waals surface area contributed by atoms with Crippen LogP contribution in [0.3, 0.4) is 0 Å². The van der Waals surface area contributed by atoms with Gasteiger partial charge in [-0.05, 0) is 23.1 Å². The monoisotopic (exact) mass is 247 g/mol. The third-order valence-electron chi connectivity index (χ3n) is 2.59. The maximum absolute atomic E-state index is 9.21. The van der Waals surface area contributed by atoms with E-state index in [1.807, 2.05) is 23.6 Å². The normalized spacial score (nSPS) is 16.6. The van der Waals surface area contributed by atoms with Crippen LogP contribution in [0.5, 0.6) is 0 Å². The zero-order chi connectivity index (χ0) is 11.0. The van der Waals surface area contributed by atoms with E-state index in [4.69, 9.17) is 0 Å². The van der Waals surface area contributed by atoms with E-state index in [2.05, 4.69) is 17.3 Å². The number of fused-ring (bicyclic) bond motifs is 2. The highest BCUT2D eigenvalue weighted by atomic mass is 32.2. The number of hydrogen-bond acceptors (Lipinski definition) is 4. The molecule has 0 spiro atoms. The molecule has 0 bridgehead atoms. The lowest BCUT2D eigenvalue weighted by Gasteiger charge is -2.04. The van der Waals surface area contributed by atoms with E-state index in [1.54, 1.807) is 23.1 Å². The first-order valence-corrected chi connectivity index (χ1v) is 6.77. The van der Waals surface area contributed by atoms with Crippen molar-refractivity contribution in [1.82, 2.24) is 0 Å². The number of rotatable bonds is 0. The first kappa shape index (κ1) is 9.93. The number of oxime groups is 1. The van der Waals surface area contributed by atoms with Crippen LogP contribution >= 0.6 is 23.1 Å². The molecule has 0 saturated carbocycles. The Hall–Kier alpha value is -1.26. The third kappa shape index (κ3) is 1.45. The smallest absolute Gasteiger partial charge is 0.128 e. The first-order chi connectivity index (χ1) is 7.90. The Kier molecular flexibility index (Phi) is 2.46. The Labute approximate surface area is 102 Å². The maximum atomic E-state index is 9.21. The minimum atomic E-state index is 0.700. The first-order valence-electron chi connectivity index (χ1n) is 4.91. The van der Waals surface area contributed by atoms with Crippen LogP contribution in [0.15, 0.2) is 45.8 Å². The van der Waals surface area contributed by atoms with Gasteiger partial charge in [0.1, 0.15) is 5.71 Å². The fraction of sp³-hybridized carbons (Fsp3) is 0.0833. The van der Waals surface area contributed by atoms with E-state index in [1.165, 1.54) is 10.5 Å². The molecule has 3 rings (SSSR count). The molecule has 2 nitrogen and oxygen atoms in total. The molecule has 1 aromatic carbocycles. The lowest BCUT2D eigenvalue weighted by atomic mass is 10.1. The van der Waals surface area contributed by atoms with Crippen LogP contribution in [-0.2, 0) is 5.75 Å². The summed E-state index contributed by atoms with van der Waals surface area (Å²) in [6.07, 6.45) is 0. The lowest BCUT2D eigenvalue weighted by Crippen LogP contribution is -2.02. The summed E-state index contributed by atoms with van der Waals surface area (Å²) in [6, 6.07) is 10.2. The van der Waals surface area contributed by atoms with E-state index >= 15 is 0 Å². The average molecular weight is 247 g/mol. The molecule has 4 heteroatoms. The summed E-state index contributed by atoms with van der Waals surface area (Å²) >= 11 is 3.42. The molecule has 0 fully saturated rings. The van der Waals surface area contributed by atoms with Gasteiger partial charge in [-0.15, -0.1) is 23.1 Å².